The summed E-state index contributed by atoms with van der Waals surface area (Å²) >= 11 is 1.84. The maximum Gasteiger partial charge on any atom is 0.297 e. The first-order chi connectivity index (χ1) is 9.42. The van der Waals surface area contributed by atoms with Crippen molar-refractivity contribution in [3.63, 3.8) is 0 Å². The molecule has 0 aliphatic carbocycles. The van der Waals surface area contributed by atoms with E-state index in [1.807, 2.05) is 23.6 Å². The van der Waals surface area contributed by atoms with Gasteiger partial charge in [0, 0.05) is 6.20 Å². The lowest BCUT2D eigenvalue weighted by molar-refractivity contribution is -0.670. The first-order valence-corrected chi connectivity index (χ1v) is 7.10. The first kappa shape index (κ1) is 9.69. The highest BCUT2D eigenvalue weighted by atomic mass is 32.1. The van der Waals surface area contributed by atoms with E-state index in [0.29, 0.717) is 0 Å². The quantitative estimate of drug-likeness (QED) is 0.394. The van der Waals surface area contributed by atoms with Gasteiger partial charge in [0.05, 0.1) is 16.0 Å². The lowest BCUT2D eigenvalue weighted by atomic mass is 10.2. The molecule has 1 aromatic carbocycles. The molecule has 0 atom stereocenters. The lowest BCUT2D eigenvalue weighted by Crippen LogP contribution is -2.29. The van der Waals surface area contributed by atoms with Gasteiger partial charge in [0.25, 0.3) is 5.82 Å². The number of hydrogen-bond acceptors (Lipinski definition) is 2. The van der Waals surface area contributed by atoms with Crippen molar-refractivity contribution < 1.29 is 4.57 Å². The summed E-state index contributed by atoms with van der Waals surface area (Å²) in [4.78, 5) is 5.78. The number of fused-ring (bicyclic) bond motifs is 7. The maximum atomic E-state index is 4.49. The summed E-state index contributed by atoms with van der Waals surface area (Å²) in [5.41, 5.74) is 3.71. The summed E-state index contributed by atoms with van der Waals surface area (Å²) < 4.78 is 5.99. The van der Waals surface area contributed by atoms with E-state index in [0.717, 1.165) is 6.54 Å². The van der Waals surface area contributed by atoms with Gasteiger partial charge in [-0.05, 0) is 24.3 Å². The number of hydrogen-bond donors (Lipinski definition) is 0. The highest BCUT2D eigenvalue weighted by Gasteiger charge is 2.32. The number of benzene rings is 1. The van der Waals surface area contributed by atoms with Crippen LogP contribution in [0, 0.1) is 0 Å². The maximum absolute atomic E-state index is 4.49. The van der Waals surface area contributed by atoms with Crippen LogP contribution in [-0.2, 0) is 6.54 Å². The smallest absolute Gasteiger partial charge is 0.256 e. The van der Waals surface area contributed by atoms with Crippen molar-refractivity contribution in [1.29, 1.82) is 0 Å². The van der Waals surface area contributed by atoms with Crippen molar-refractivity contribution in [3.8, 4) is 11.4 Å². The van der Waals surface area contributed by atoms with Gasteiger partial charge in [0.2, 0.25) is 4.83 Å². The van der Waals surface area contributed by atoms with Crippen LogP contribution in [0.1, 0.15) is 5.69 Å². The Labute approximate surface area is 113 Å². The van der Waals surface area contributed by atoms with E-state index in [2.05, 4.69) is 50.5 Å². The Morgan fingerprint density at radius 1 is 1.16 bits per heavy atom. The predicted octanol–water partition coefficient (Wildman–Crippen LogP) is 2.87. The average Bonchev–Trinajstić information content (AvgIpc) is 3.04. The fourth-order valence-electron chi connectivity index (χ4n) is 2.96. The summed E-state index contributed by atoms with van der Waals surface area (Å²) in [5, 5.41) is 0. The third kappa shape index (κ3) is 1.12. The molecular weight excluding hydrogens is 254 g/mol. The summed E-state index contributed by atoms with van der Waals surface area (Å²) in [6.07, 6.45) is 4.11. The van der Waals surface area contributed by atoms with Gasteiger partial charge in [-0.1, -0.05) is 23.5 Å². The molecule has 0 spiro atoms. The van der Waals surface area contributed by atoms with Crippen molar-refractivity contribution in [1.82, 2.24) is 9.38 Å². The zero-order valence-electron chi connectivity index (χ0n) is 10.1. The summed E-state index contributed by atoms with van der Waals surface area (Å²) in [6.45, 7) is 0.883. The van der Waals surface area contributed by atoms with E-state index in [9.17, 15) is 0 Å². The van der Waals surface area contributed by atoms with Crippen molar-refractivity contribution in [2.45, 2.75) is 6.54 Å². The molecule has 3 nitrogen and oxygen atoms in total. The van der Waals surface area contributed by atoms with Gasteiger partial charge in [-0.15, -0.1) is 0 Å². The van der Waals surface area contributed by atoms with E-state index in [1.54, 1.807) is 0 Å². The van der Waals surface area contributed by atoms with Crippen LogP contribution < -0.4 is 4.57 Å². The zero-order chi connectivity index (χ0) is 12.4. The fraction of sp³-hybridized carbons (Fsp3) is 0.0667. The predicted molar refractivity (Wildman–Crippen MR) is 75.3 cm³/mol. The van der Waals surface area contributed by atoms with Gasteiger partial charge in [-0.2, -0.15) is 4.40 Å². The number of rotatable bonds is 0. The second-order valence-corrected chi connectivity index (χ2v) is 5.88. The summed E-state index contributed by atoms with van der Waals surface area (Å²) in [7, 11) is 0. The van der Waals surface area contributed by atoms with Crippen LogP contribution in [0.5, 0.6) is 0 Å². The standard InChI is InChI=1S/C15H10N3S/c1-2-6-13-12(5-1)18-14(19-13)9-17-8-11-10(15(17)18)4-3-7-16-11/h1-7,9H,8H2/q+1. The number of para-hydroxylation sites is 1. The average molecular weight is 264 g/mol. The summed E-state index contributed by atoms with van der Waals surface area (Å²) in [5.74, 6) is 1.26. The van der Waals surface area contributed by atoms with Crippen molar-refractivity contribution in [3.05, 3.63) is 54.5 Å². The Morgan fingerprint density at radius 3 is 3.11 bits per heavy atom. The van der Waals surface area contributed by atoms with Gasteiger partial charge < -0.3 is 0 Å². The number of thiazole rings is 1. The molecule has 0 saturated heterocycles. The van der Waals surface area contributed by atoms with Gasteiger partial charge >= 0.3 is 0 Å². The largest absolute Gasteiger partial charge is 0.297 e. The molecule has 5 rings (SSSR count). The molecule has 0 unspecified atom stereocenters. The summed E-state index contributed by atoms with van der Waals surface area (Å²) in [6, 6.07) is 12.8. The molecule has 3 aromatic heterocycles. The monoisotopic (exact) mass is 264 g/mol. The SMILES string of the molecule is c1cnc2c(c1)-c1n3c(c[n+]1C2)sc1ccccc13. The highest BCUT2D eigenvalue weighted by Crippen LogP contribution is 2.33. The van der Waals surface area contributed by atoms with Crippen LogP contribution in [0.25, 0.3) is 26.4 Å². The molecule has 0 bridgehead atoms. The topological polar surface area (TPSA) is 21.2 Å². The van der Waals surface area contributed by atoms with E-state index in [4.69, 9.17) is 0 Å². The van der Waals surface area contributed by atoms with Crippen LogP contribution in [0.4, 0.5) is 0 Å². The number of pyridine rings is 1. The van der Waals surface area contributed by atoms with E-state index >= 15 is 0 Å². The van der Waals surface area contributed by atoms with Gasteiger partial charge in [0.1, 0.15) is 12.7 Å². The molecular formula is C15H10N3S+. The van der Waals surface area contributed by atoms with Crippen LogP contribution in [0.3, 0.4) is 0 Å². The molecule has 4 aromatic rings. The van der Waals surface area contributed by atoms with Crippen molar-refractivity contribution >= 4 is 26.4 Å². The normalized spacial score (nSPS) is 13.1. The van der Waals surface area contributed by atoms with Gasteiger partial charge in [-0.3, -0.25) is 4.98 Å². The lowest BCUT2D eigenvalue weighted by Gasteiger charge is -1.92. The molecule has 1 aliphatic heterocycles. The zero-order valence-corrected chi connectivity index (χ0v) is 10.9. The molecule has 0 amide bonds. The Morgan fingerprint density at radius 2 is 2.11 bits per heavy atom. The number of aromatic nitrogens is 3. The first-order valence-electron chi connectivity index (χ1n) is 6.28. The molecule has 19 heavy (non-hydrogen) atoms. The second-order valence-electron chi connectivity index (χ2n) is 4.82. The Hall–Kier alpha value is -2.20. The molecule has 90 valence electrons. The molecule has 0 N–H and O–H groups in total. The molecule has 4 heterocycles. The van der Waals surface area contributed by atoms with Crippen LogP contribution in [-0.4, -0.2) is 9.38 Å². The minimum atomic E-state index is 0.883. The molecule has 0 saturated carbocycles. The Bertz CT molecular complexity index is 949. The highest BCUT2D eigenvalue weighted by molar-refractivity contribution is 7.23. The van der Waals surface area contributed by atoms with E-state index in [1.165, 1.54) is 32.1 Å². The Balaban J connectivity index is 2.00. The van der Waals surface area contributed by atoms with Crippen molar-refractivity contribution in [2.24, 2.45) is 0 Å². The van der Waals surface area contributed by atoms with Gasteiger partial charge in [-0.25, -0.2) is 4.57 Å². The number of nitrogens with zero attached hydrogens (tertiary/aromatic N) is 3. The minimum absolute atomic E-state index is 0.883. The third-order valence-electron chi connectivity index (χ3n) is 3.74. The van der Waals surface area contributed by atoms with Crippen LogP contribution in [0.2, 0.25) is 0 Å². The van der Waals surface area contributed by atoms with Crippen LogP contribution >= 0.6 is 11.3 Å². The third-order valence-corrected chi connectivity index (χ3v) is 4.80. The fourth-order valence-corrected chi connectivity index (χ4v) is 4.05. The molecule has 0 fully saturated rings. The number of imidazole rings is 1. The van der Waals surface area contributed by atoms with E-state index < -0.39 is 0 Å². The van der Waals surface area contributed by atoms with E-state index in [-0.39, 0.29) is 0 Å². The molecule has 1 aliphatic rings. The van der Waals surface area contributed by atoms with Gasteiger partial charge in [0.15, 0.2) is 5.52 Å². The second kappa shape index (κ2) is 3.22. The molecule has 0 radical (unpaired) electrons. The minimum Gasteiger partial charge on any atom is -0.256 e. The molecule has 4 heteroatoms. The van der Waals surface area contributed by atoms with Crippen LogP contribution in [0.15, 0.2) is 48.8 Å². The van der Waals surface area contributed by atoms with Crippen molar-refractivity contribution in [2.75, 3.05) is 0 Å². The Kier molecular flexibility index (Phi) is 1.64.